The molecule has 6 nitrogen and oxygen atoms in total. The summed E-state index contributed by atoms with van der Waals surface area (Å²) >= 11 is 5.13. The van der Waals surface area contributed by atoms with Crippen molar-refractivity contribution < 1.29 is 4.79 Å². The first-order valence-corrected chi connectivity index (χ1v) is 7.53. The molecule has 0 aromatic carbocycles. The number of hydrogen-bond acceptors (Lipinski definition) is 5. The summed E-state index contributed by atoms with van der Waals surface area (Å²) in [6.07, 6.45) is 2.25. The minimum Gasteiger partial charge on any atom is -0.346 e. The smallest absolute Gasteiger partial charge is 0.220 e. The molecule has 19 heavy (non-hydrogen) atoms. The Morgan fingerprint density at radius 2 is 2.42 bits per heavy atom. The molecule has 0 radical (unpaired) electrons. The average Bonchev–Trinajstić information content (AvgIpc) is 3.00. The maximum absolute atomic E-state index is 11.7. The molecule has 0 fully saturated rings. The molecule has 0 aliphatic heterocycles. The number of nitrogens with zero attached hydrogens (tertiary/aromatic N) is 3. The fraction of sp³-hybridized carbons (Fsp3) is 0.455. The van der Waals surface area contributed by atoms with Gasteiger partial charge in [0.2, 0.25) is 5.91 Å². The highest BCUT2D eigenvalue weighted by atomic mass is 79.9. The lowest BCUT2D eigenvalue weighted by molar-refractivity contribution is -0.121. The Morgan fingerprint density at radius 3 is 3.05 bits per heavy atom. The number of nitrogens with one attached hydrogen (secondary N) is 2. The normalized spacial score (nSPS) is 12.3. The van der Waals surface area contributed by atoms with Gasteiger partial charge in [0.05, 0.1) is 9.83 Å². The van der Waals surface area contributed by atoms with E-state index in [0.717, 1.165) is 16.6 Å². The first-order valence-electron chi connectivity index (χ1n) is 5.92. The van der Waals surface area contributed by atoms with Gasteiger partial charge in [0.15, 0.2) is 5.82 Å². The van der Waals surface area contributed by atoms with Crippen LogP contribution in [0.15, 0.2) is 15.9 Å². The number of hydrogen-bond donors (Lipinski definition) is 2. The number of aromatic nitrogens is 4. The van der Waals surface area contributed by atoms with Crippen LogP contribution >= 0.6 is 27.3 Å². The lowest BCUT2D eigenvalue weighted by atomic mass is 10.2. The molecule has 0 saturated heterocycles. The number of thiophene rings is 1. The van der Waals surface area contributed by atoms with Crippen LogP contribution < -0.4 is 5.32 Å². The molecule has 1 atom stereocenters. The number of aryl methyl sites for hydroxylation is 1. The summed E-state index contributed by atoms with van der Waals surface area (Å²) in [4.78, 5) is 13.0. The van der Waals surface area contributed by atoms with Crippen molar-refractivity contribution in [2.75, 3.05) is 0 Å². The third kappa shape index (κ3) is 4.39. The summed E-state index contributed by atoms with van der Waals surface area (Å²) in [5, 5.41) is 16.3. The highest BCUT2D eigenvalue weighted by molar-refractivity contribution is 9.11. The Labute approximate surface area is 123 Å². The molecule has 0 aliphatic carbocycles. The first kappa shape index (κ1) is 14.1. The van der Waals surface area contributed by atoms with E-state index in [4.69, 9.17) is 0 Å². The van der Waals surface area contributed by atoms with Gasteiger partial charge < -0.3 is 5.32 Å². The average molecular weight is 344 g/mol. The standard InChI is InChI=1S/C11H14BrN5OS/c1-7(11-14-16-17-15-11)13-10(18)4-2-3-8-5-6-9(12)19-8/h5-7H,2-4H2,1H3,(H,13,18)(H,14,15,16,17). The molecule has 102 valence electrons. The molecule has 1 amide bonds. The van der Waals surface area contributed by atoms with Crippen LogP contribution in [0.2, 0.25) is 0 Å². The quantitative estimate of drug-likeness (QED) is 0.842. The summed E-state index contributed by atoms with van der Waals surface area (Å²) < 4.78 is 1.12. The fourth-order valence-electron chi connectivity index (χ4n) is 1.64. The van der Waals surface area contributed by atoms with Crippen molar-refractivity contribution in [3.05, 3.63) is 26.6 Å². The summed E-state index contributed by atoms with van der Waals surface area (Å²) in [6, 6.07) is 3.88. The molecule has 8 heteroatoms. The van der Waals surface area contributed by atoms with E-state index in [0.29, 0.717) is 12.2 Å². The minimum absolute atomic E-state index is 0.00734. The SMILES string of the molecule is CC(NC(=O)CCCc1ccc(Br)s1)c1nn[nH]n1. The maximum Gasteiger partial charge on any atom is 0.220 e. The number of H-pyrrole nitrogens is 1. The van der Waals surface area contributed by atoms with Crippen molar-refractivity contribution in [3.8, 4) is 0 Å². The van der Waals surface area contributed by atoms with Crippen molar-refractivity contribution in [3.63, 3.8) is 0 Å². The van der Waals surface area contributed by atoms with Gasteiger partial charge in [-0.2, -0.15) is 5.21 Å². The number of rotatable bonds is 6. The zero-order valence-electron chi connectivity index (χ0n) is 10.4. The van der Waals surface area contributed by atoms with Crippen LogP contribution in [0.1, 0.15) is 36.5 Å². The van der Waals surface area contributed by atoms with Crippen molar-refractivity contribution in [1.29, 1.82) is 0 Å². The molecular formula is C11H14BrN5OS. The molecule has 2 rings (SSSR count). The summed E-state index contributed by atoms with van der Waals surface area (Å²) in [5.74, 6) is 0.503. The van der Waals surface area contributed by atoms with Gasteiger partial charge in [0.1, 0.15) is 0 Å². The van der Waals surface area contributed by atoms with Gasteiger partial charge in [-0.25, -0.2) is 0 Å². The monoisotopic (exact) mass is 343 g/mol. The molecule has 0 saturated carbocycles. The van der Waals surface area contributed by atoms with E-state index < -0.39 is 0 Å². The third-order valence-corrected chi connectivity index (χ3v) is 4.27. The van der Waals surface area contributed by atoms with Crippen LogP contribution in [0.4, 0.5) is 0 Å². The van der Waals surface area contributed by atoms with Gasteiger partial charge in [-0.3, -0.25) is 4.79 Å². The molecule has 1 unspecified atom stereocenters. The molecule has 2 aromatic heterocycles. The molecule has 0 bridgehead atoms. The van der Waals surface area contributed by atoms with E-state index in [9.17, 15) is 4.79 Å². The van der Waals surface area contributed by atoms with Crippen molar-refractivity contribution in [2.24, 2.45) is 0 Å². The zero-order chi connectivity index (χ0) is 13.7. The largest absolute Gasteiger partial charge is 0.346 e. The predicted octanol–water partition coefficient (Wildman–Crippen LogP) is 2.22. The molecular weight excluding hydrogens is 330 g/mol. The van der Waals surface area contributed by atoms with E-state index in [1.54, 1.807) is 11.3 Å². The highest BCUT2D eigenvalue weighted by Crippen LogP contribution is 2.23. The summed E-state index contributed by atoms with van der Waals surface area (Å²) in [6.45, 7) is 1.83. The van der Waals surface area contributed by atoms with Crippen LogP contribution in [0.3, 0.4) is 0 Å². The predicted molar refractivity (Wildman–Crippen MR) is 75.7 cm³/mol. The van der Waals surface area contributed by atoms with Crippen molar-refractivity contribution in [1.82, 2.24) is 25.9 Å². The number of amides is 1. The second-order valence-electron chi connectivity index (χ2n) is 4.12. The van der Waals surface area contributed by atoms with Crippen LogP contribution in [0.25, 0.3) is 0 Å². The van der Waals surface area contributed by atoms with Crippen LogP contribution in [-0.4, -0.2) is 26.5 Å². The molecule has 2 aromatic rings. The van der Waals surface area contributed by atoms with Gasteiger partial charge in [0, 0.05) is 11.3 Å². The molecule has 2 heterocycles. The Morgan fingerprint density at radius 1 is 1.58 bits per heavy atom. The van der Waals surface area contributed by atoms with E-state index in [-0.39, 0.29) is 11.9 Å². The summed E-state index contributed by atoms with van der Waals surface area (Å²) in [5.41, 5.74) is 0. The van der Waals surface area contributed by atoms with E-state index in [2.05, 4.69) is 47.9 Å². The van der Waals surface area contributed by atoms with Gasteiger partial charge in [-0.1, -0.05) is 5.21 Å². The van der Waals surface area contributed by atoms with Crippen LogP contribution in [-0.2, 0) is 11.2 Å². The lowest BCUT2D eigenvalue weighted by Crippen LogP contribution is -2.27. The topological polar surface area (TPSA) is 83.6 Å². The van der Waals surface area contributed by atoms with Gasteiger partial charge in [-0.15, -0.1) is 21.5 Å². The first-order chi connectivity index (χ1) is 9.15. The van der Waals surface area contributed by atoms with Gasteiger partial charge in [-0.05, 0) is 47.8 Å². The van der Waals surface area contributed by atoms with E-state index in [1.807, 2.05) is 13.0 Å². The van der Waals surface area contributed by atoms with Crippen LogP contribution in [0.5, 0.6) is 0 Å². The Bertz CT molecular complexity index is 527. The van der Waals surface area contributed by atoms with Gasteiger partial charge in [0.25, 0.3) is 0 Å². The zero-order valence-corrected chi connectivity index (χ0v) is 12.8. The van der Waals surface area contributed by atoms with E-state index >= 15 is 0 Å². The fourth-order valence-corrected chi connectivity index (χ4v) is 3.17. The number of halogens is 1. The van der Waals surface area contributed by atoms with Crippen molar-refractivity contribution >= 4 is 33.2 Å². The number of tetrazole rings is 1. The lowest BCUT2D eigenvalue weighted by Gasteiger charge is -2.09. The second-order valence-corrected chi connectivity index (χ2v) is 6.67. The Balaban J connectivity index is 1.70. The maximum atomic E-state index is 11.7. The Hall–Kier alpha value is -1.28. The third-order valence-electron chi connectivity index (χ3n) is 2.58. The van der Waals surface area contributed by atoms with Crippen molar-refractivity contribution in [2.45, 2.75) is 32.2 Å². The number of carbonyl (C=O) groups is 1. The summed E-state index contributed by atoms with van der Waals surface area (Å²) in [7, 11) is 0. The molecule has 2 N–H and O–H groups in total. The highest BCUT2D eigenvalue weighted by Gasteiger charge is 2.13. The number of carbonyl (C=O) groups excluding carboxylic acids is 1. The Kier molecular flexibility index (Phi) is 5.03. The second kappa shape index (κ2) is 6.76. The molecule has 0 aliphatic rings. The van der Waals surface area contributed by atoms with Gasteiger partial charge >= 0.3 is 0 Å². The van der Waals surface area contributed by atoms with E-state index in [1.165, 1.54) is 4.88 Å². The minimum atomic E-state index is -0.220. The van der Waals surface area contributed by atoms with Crippen LogP contribution in [0, 0.1) is 0 Å². The molecule has 0 spiro atoms. The number of aromatic amines is 1.